The molecule has 3 rings (SSSR count). The average Bonchev–Trinajstić information content (AvgIpc) is 2.69. The Morgan fingerprint density at radius 2 is 2.00 bits per heavy atom. The van der Waals surface area contributed by atoms with Crippen LogP contribution in [-0.4, -0.2) is 46.6 Å². The predicted octanol–water partition coefficient (Wildman–Crippen LogP) is 2.72. The molecule has 2 amide bonds. The number of nitrogens with zero attached hydrogens (tertiary/aromatic N) is 3. The second-order valence-corrected chi connectivity index (χ2v) is 6.57. The van der Waals surface area contributed by atoms with Crippen LogP contribution in [0.4, 0.5) is 4.79 Å². The zero-order valence-corrected chi connectivity index (χ0v) is 15.2. The van der Waals surface area contributed by atoms with Crippen molar-refractivity contribution < 1.29 is 9.53 Å². The fraction of sp³-hybridized carbons (Fsp3) is 0.450. The molecule has 0 atom stereocenters. The summed E-state index contributed by atoms with van der Waals surface area (Å²) in [6, 6.07) is 9.80. The molecule has 1 aliphatic rings. The van der Waals surface area contributed by atoms with Crippen LogP contribution >= 0.6 is 0 Å². The maximum Gasteiger partial charge on any atom is 0.317 e. The number of rotatable bonds is 6. The van der Waals surface area contributed by atoms with Gasteiger partial charge in [0.2, 0.25) is 0 Å². The highest BCUT2D eigenvalue weighted by Crippen LogP contribution is 2.15. The molecule has 0 unspecified atom stereocenters. The van der Waals surface area contributed by atoms with Crippen LogP contribution in [0.15, 0.2) is 42.7 Å². The molecule has 0 bridgehead atoms. The number of urea groups is 1. The van der Waals surface area contributed by atoms with Crippen molar-refractivity contribution in [3.63, 3.8) is 0 Å². The Balaban J connectivity index is 1.35. The zero-order valence-electron chi connectivity index (χ0n) is 15.2. The maximum absolute atomic E-state index is 12.3. The number of carbonyl (C=O) groups is 1. The van der Waals surface area contributed by atoms with Crippen molar-refractivity contribution in [2.75, 3.05) is 19.6 Å². The number of aryl methyl sites for hydroxylation is 1. The Bertz CT molecular complexity index is 700. The van der Waals surface area contributed by atoms with E-state index in [0.29, 0.717) is 13.2 Å². The van der Waals surface area contributed by atoms with Gasteiger partial charge in [-0.05, 0) is 43.5 Å². The summed E-state index contributed by atoms with van der Waals surface area (Å²) in [7, 11) is 0. The van der Waals surface area contributed by atoms with E-state index in [4.69, 9.17) is 4.74 Å². The van der Waals surface area contributed by atoms with E-state index in [1.807, 2.05) is 42.2 Å². The van der Waals surface area contributed by atoms with Crippen molar-refractivity contribution in [3.8, 4) is 0 Å². The molecule has 0 spiro atoms. The van der Waals surface area contributed by atoms with E-state index in [1.165, 1.54) is 0 Å². The molecule has 0 aromatic carbocycles. The molecule has 3 heterocycles. The van der Waals surface area contributed by atoms with Gasteiger partial charge in [0, 0.05) is 44.1 Å². The lowest BCUT2D eigenvalue weighted by molar-refractivity contribution is 0.00309. The molecule has 0 saturated carbocycles. The quantitative estimate of drug-likeness (QED) is 0.866. The first-order chi connectivity index (χ1) is 12.7. The number of likely N-dealkylation sites (tertiary alicyclic amines) is 1. The van der Waals surface area contributed by atoms with Crippen molar-refractivity contribution in [2.45, 2.75) is 38.9 Å². The standard InChI is InChI=1S/C20H26N4O2/c1-16-5-4-11-22-19(16)7-12-23-20(25)24-13-8-18(9-14-24)26-15-17-6-2-3-10-21-17/h2-6,10-11,18H,7-9,12-15H2,1H3,(H,23,25). The molecular formula is C20H26N4O2. The topological polar surface area (TPSA) is 67.4 Å². The van der Waals surface area contributed by atoms with E-state index in [1.54, 1.807) is 12.4 Å². The van der Waals surface area contributed by atoms with Gasteiger partial charge in [0.1, 0.15) is 0 Å². The Morgan fingerprint density at radius 1 is 1.19 bits per heavy atom. The molecule has 6 heteroatoms. The lowest BCUT2D eigenvalue weighted by Crippen LogP contribution is -2.46. The number of amides is 2. The second-order valence-electron chi connectivity index (χ2n) is 6.57. The van der Waals surface area contributed by atoms with Gasteiger partial charge >= 0.3 is 6.03 Å². The fourth-order valence-corrected chi connectivity index (χ4v) is 3.09. The van der Waals surface area contributed by atoms with Gasteiger partial charge in [-0.25, -0.2) is 4.79 Å². The van der Waals surface area contributed by atoms with E-state index >= 15 is 0 Å². The Labute approximate surface area is 154 Å². The van der Waals surface area contributed by atoms with Crippen molar-refractivity contribution >= 4 is 6.03 Å². The third-order valence-electron chi connectivity index (χ3n) is 4.68. The van der Waals surface area contributed by atoms with Crippen LogP contribution in [0.1, 0.15) is 29.8 Å². The van der Waals surface area contributed by atoms with Crippen LogP contribution in [0, 0.1) is 6.92 Å². The number of piperidine rings is 1. The molecule has 2 aromatic rings. The third kappa shape index (κ3) is 5.26. The molecule has 0 aliphatic carbocycles. The van der Waals surface area contributed by atoms with Gasteiger partial charge < -0.3 is 15.0 Å². The highest BCUT2D eigenvalue weighted by Gasteiger charge is 2.23. The first kappa shape index (κ1) is 18.3. The first-order valence-corrected chi connectivity index (χ1v) is 9.17. The number of carbonyl (C=O) groups excluding carboxylic acids is 1. The number of ether oxygens (including phenoxy) is 1. The number of hydrogen-bond acceptors (Lipinski definition) is 4. The molecule has 6 nitrogen and oxygen atoms in total. The molecule has 0 radical (unpaired) electrons. The Kier molecular flexibility index (Phi) is 6.55. The number of nitrogens with one attached hydrogen (secondary N) is 1. The minimum absolute atomic E-state index is 0.00163. The van der Waals surface area contributed by atoms with Gasteiger partial charge in [-0.3, -0.25) is 9.97 Å². The molecule has 1 N–H and O–H groups in total. The summed E-state index contributed by atoms with van der Waals surface area (Å²) in [4.78, 5) is 22.8. The molecule has 1 aliphatic heterocycles. The van der Waals surface area contributed by atoms with E-state index in [-0.39, 0.29) is 12.1 Å². The van der Waals surface area contributed by atoms with Gasteiger partial charge in [-0.1, -0.05) is 12.1 Å². The molecule has 1 fully saturated rings. The van der Waals surface area contributed by atoms with Gasteiger partial charge in [0.05, 0.1) is 18.4 Å². The first-order valence-electron chi connectivity index (χ1n) is 9.17. The Morgan fingerprint density at radius 3 is 2.73 bits per heavy atom. The second kappa shape index (κ2) is 9.29. The lowest BCUT2D eigenvalue weighted by Gasteiger charge is -2.32. The number of aromatic nitrogens is 2. The zero-order chi connectivity index (χ0) is 18.2. The van der Waals surface area contributed by atoms with Crippen LogP contribution in [0.2, 0.25) is 0 Å². The highest BCUT2D eigenvalue weighted by molar-refractivity contribution is 5.74. The van der Waals surface area contributed by atoms with Crippen molar-refractivity contribution in [3.05, 3.63) is 59.7 Å². The van der Waals surface area contributed by atoms with Gasteiger partial charge in [-0.2, -0.15) is 0 Å². The fourth-order valence-electron chi connectivity index (χ4n) is 3.09. The summed E-state index contributed by atoms with van der Waals surface area (Å²) in [5.41, 5.74) is 3.14. The van der Waals surface area contributed by atoms with E-state index in [2.05, 4.69) is 15.3 Å². The number of hydrogen-bond donors (Lipinski definition) is 1. The summed E-state index contributed by atoms with van der Waals surface area (Å²) >= 11 is 0. The average molecular weight is 354 g/mol. The van der Waals surface area contributed by atoms with Crippen molar-refractivity contribution in [2.24, 2.45) is 0 Å². The van der Waals surface area contributed by atoms with Crippen LogP contribution in [0.3, 0.4) is 0 Å². The largest absolute Gasteiger partial charge is 0.372 e. The van der Waals surface area contributed by atoms with Crippen molar-refractivity contribution in [1.82, 2.24) is 20.2 Å². The minimum Gasteiger partial charge on any atom is -0.372 e. The highest BCUT2D eigenvalue weighted by atomic mass is 16.5. The molecule has 138 valence electrons. The molecule has 2 aromatic heterocycles. The van der Waals surface area contributed by atoms with Gasteiger partial charge in [0.15, 0.2) is 0 Å². The van der Waals surface area contributed by atoms with E-state index in [0.717, 1.165) is 49.3 Å². The summed E-state index contributed by atoms with van der Waals surface area (Å²) in [5.74, 6) is 0. The van der Waals surface area contributed by atoms with Crippen molar-refractivity contribution in [1.29, 1.82) is 0 Å². The molecular weight excluding hydrogens is 328 g/mol. The SMILES string of the molecule is Cc1cccnc1CCNC(=O)N1CCC(OCc2ccccn2)CC1. The van der Waals surface area contributed by atoms with E-state index < -0.39 is 0 Å². The summed E-state index contributed by atoms with van der Waals surface area (Å²) in [6.07, 6.45) is 6.23. The summed E-state index contributed by atoms with van der Waals surface area (Å²) in [6.45, 7) is 4.62. The minimum atomic E-state index is 0.00163. The van der Waals surface area contributed by atoms with Crippen LogP contribution in [0.5, 0.6) is 0 Å². The predicted molar refractivity (Wildman–Crippen MR) is 99.7 cm³/mol. The summed E-state index contributed by atoms with van der Waals surface area (Å²) < 4.78 is 5.92. The number of pyridine rings is 2. The smallest absolute Gasteiger partial charge is 0.317 e. The summed E-state index contributed by atoms with van der Waals surface area (Å²) in [5, 5.41) is 3.00. The van der Waals surface area contributed by atoms with E-state index in [9.17, 15) is 4.79 Å². The van der Waals surface area contributed by atoms with Gasteiger partial charge in [0.25, 0.3) is 0 Å². The van der Waals surface area contributed by atoms with Gasteiger partial charge in [-0.15, -0.1) is 0 Å². The van der Waals surface area contributed by atoms with Crippen LogP contribution in [-0.2, 0) is 17.8 Å². The molecule has 1 saturated heterocycles. The lowest BCUT2D eigenvalue weighted by atomic mass is 10.1. The van der Waals surface area contributed by atoms with Crippen LogP contribution in [0.25, 0.3) is 0 Å². The van der Waals surface area contributed by atoms with Crippen LogP contribution < -0.4 is 5.32 Å². The third-order valence-corrected chi connectivity index (χ3v) is 4.68. The Hall–Kier alpha value is -2.47. The monoisotopic (exact) mass is 354 g/mol. The molecule has 26 heavy (non-hydrogen) atoms. The maximum atomic E-state index is 12.3. The normalized spacial score (nSPS) is 15.0.